The summed E-state index contributed by atoms with van der Waals surface area (Å²) in [6.07, 6.45) is 0. The van der Waals surface area contributed by atoms with Crippen LogP contribution in [-0.4, -0.2) is 25.0 Å². The van der Waals surface area contributed by atoms with Crippen LogP contribution >= 0.6 is 0 Å². The molecule has 0 unspecified atom stereocenters. The first kappa shape index (κ1) is 47.3. The van der Waals surface area contributed by atoms with Gasteiger partial charge in [-0.3, -0.25) is 0 Å². The molecule has 0 saturated heterocycles. The third-order valence-electron chi connectivity index (χ3n) is 21.2. The van der Waals surface area contributed by atoms with E-state index in [1.165, 1.54) is 0 Å². The lowest BCUT2D eigenvalue weighted by Gasteiger charge is -2.45. The highest BCUT2D eigenvalue weighted by Crippen LogP contribution is 2.53. The van der Waals surface area contributed by atoms with Crippen LogP contribution in [0.2, 0.25) is 0 Å². The minimum absolute atomic E-state index is 0.0643. The average molecular weight is 1350 g/mol. The molecule has 0 amide bonds. The van der Waals surface area contributed by atoms with Gasteiger partial charge in [0.2, 0.25) is 0 Å². The van der Waals surface area contributed by atoms with E-state index >= 15 is 0 Å². The summed E-state index contributed by atoms with van der Waals surface area (Å²) in [6, 6.07) is 77.5. The number of aromatic nitrogens is 4. The van der Waals surface area contributed by atoms with Crippen LogP contribution in [0, 0.1) is 17.9 Å². The molecule has 15 aromatic carbocycles. The van der Waals surface area contributed by atoms with Gasteiger partial charge in [-0.05, 0) is 206 Å². The SMILES string of the molecule is [2H]c1c([2H])c([2H])c2c(c1[2H])c1c([2H])c(C#N)c([2H])c([2H])c1n2-c1ccc2c(c1)N(c1cccc3c1c1cc(-c4ccccc4)ccc1n3-c1ccccc1)c1cc(C(C)(C)C)cc3c1B2c1ccc(-n2c4c([2H])c([2H])c([2H])c([2H])c4c4c([2H])c([N+]#[C-])c([2H])c([2H])c42)cc1N3c1cccc2c1c1cc(-c3ccccc3)ccc1n2-c1ccccc1. The molecule has 9 heteroatoms. The van der Waals surface area contributed by atoms with Gasteiger partial charge < -0.3 is 28.1 Å². The lowest BCUT2D eigenvalue weighted by molar-refractivity contribution is 0.590. The molecule has 0 fully saturated rings. The van der Waals surface area contributed by atoms with Crippen LogP contribution < -0.4 is 26.2 Å². The van der Waals surface area contributed by atoms with Gasteiger partial charge in [-0.15, -0.1) is 0 Å². The molecule has 6 heterocycles. The summed E-state index contributed by atoms with van der Waals surface area (Å²) < 4.78 is 141. The molecule has 0 N–H and O–H groups in total. The normalized spacial score (nSPS) is 14.5. The summed E-state index contributed by atoms with van der Waals surface area (Å²) in [5.74, 6) is 0. The van der Waals surface area contributed by atoms with Gasteiger partial charge in [0.15, 0.2) is 5.69 Å². The number of anilines is 6. The second-order valence-electron chi connectivity index (χ2n) is 27.9. The van der Waals surface area contributed by atoms with Gasteiger partial charge in [-0.25, -0.2) is 4.85 Å². The van der Waals surface area contributed by atoms with Gasteiger partial charge in [-0.2, -0.15) is 5.26 Å². The second kappa shape index (κ2) is 22.8. The largest absolute Gasteiger partial charge is 0.311 e. The van der Waals surface area contributed by atoms with E-state index < -0.39 is 108 Å². The quantitative estimate of drug-likeness (QED) is 0.113. The summed E-state index contributed by atoms with van der Waals surface area (Å²) in [4.78, 5) is 8.17. The van der Waals surface area contributed by atoms with Crippen LogP contribution in [0.4, 0.5) is 39.8 Å². The predicted octanol–water partition coefficient (Wildman–Crippen LogP) is 23.2. The molecular weight excluding hydrogens is 1280 g/mol. The Morgan fingerprint density at radius 3 is 1.29 bits per heavy atom. The maximum Gasteiger partial charge on any atom is 0.252 e. The van der Waals surface area contributed by atoms with E-state index in [0.717, 1.165) is 122 Å². The van der Waals surface area contributed by atoms with Gasteiger partial charge >= 0.3 is 0 Å². The van der Waals surface area contributed by atoms with Crippen molar-refractivity contribution >= 4 is 150 Å². The molecule has 19 aromatic rings. The highest BCUT2D eigenvalue weighted by atomic mass is 15.2. The number of rotatable bonds is 8. The number of nitrogens with zero attached hydrogens (tertiary/aromatic N) is 8. The topological polar surface area (TPSA) is 54.4 Å². The Bertz CT molecular complexity index is 7420. The fraction of sp³-hybridized carbons (Fsp3) is 0.0417. The molecule has 0 saturated carbocycles. The number of benzene rings is 15. The molecule has 21 rings (SSSR count). The summed E-state index contributed by atoms with van der Waals surface area (Å²) in [5, 5.41) is 13.9. The third kappa shape index (κ3) is 8.92. The van der Waals surface area contributed by atoms with Crippen molar-refractivity contribution in [2.45, 2.75) is 26.2 Å². The van der Waals surface area contributed by atoms with E-state index in [1.54, 1.807) is 9.13 Å². The third-order valence-corrected chi connectivity index (χ3v) is 21.2. The standard InChI is InChI=1S/C96H63BN8/c1-96(2,3)65-54-91-95-92(55-65)105(88-38-22-36-86-94(88)76-53-64(62-25-11-6-12-26-62)41-49-84(76)101(86)68-29-15-8-16-30-68)90-58-70(103-80-34-20-18-32-72(80)74-56-66(99-4)42-50-82(74)103)44-46-78(90)97(95)77-45-43-69(102-79-33-19-17-31-71(79)73-51-60(59-98)39-47-81(73)102)57-89(77)104(91)87-37-21-35-85-93(87)75-52-63(61-23-9-5-10-24-61)40-48-83(75)100(85)67-27-13-7-14-28-67/h5-58H,1-3H3/i17D,18D,19D,20D,31D,32D,33D,34D,39D,42D,47D,50D,51D,56D. The van der Waals surface area contributed by atoms with Crippen LogP contribution in [0.3, 0.4) is 0 Å². The van der Waals surface area contributed by atoms with Crippen molar-refractivity contribution in [3.8, 4) is 51.1 Å². The summed E-state index contributed by atoms with van der Waals surface area (Å²) >= 11 is 0. The molecule has 2 aliphatic heterocycles. The molecular formula is C96H63BN8. The van der Waals surface area contributed by atoms with Crippen molar-refractivity contribution in [2.24, 2.45) is 0 Å². The van der Waals surface area contributed by atoms with Crippen molar-refractivity contribution in [2.75, 3.05) is 9.80 Å². The number of fused-ring (bicyclic) bond motifs is 16. The van der Waals surface area contributed by atoms with Gasteiger partial charge in [-0.1, -0.05) is 197 Å². The van der Waals surface area contributed by atoms with E-state index in [-0.39, 0.29) is 43.6 Å². The zero-order valence-electron chi connectivity index (χ0n) is 70.7. The van der Waals surface area contributed by atoms with Crippen LogP contribution in [-0.2, 0) is 5.41 Å². The number of para-hydroxylation sites is 4. The number of nitriles is 1. The van der Waals surface area contributed by atoms with E-state index in [9.17, 15) is 21.7 Å². The zero-order chi connectivity index (χ0) is 82.1. The molecule has 0 radical (unpaired) electrons. The van der Waals surface area contributed by atoms with Gasteiger partial charge in [0.1, 0.15) is 0 Å². The van der Waals surface area contributed by atoms with E-state index in [2.05, 4.69) is 178 Å². The molecule has 2 aliphatic rings. The number of hydrogen-bond acceptors (Lipinski definition) is 3. The molecule has 0 bridgehead atoms. The first-order chi connectivity index (χ1) is 57.5. The van der Waals surface area contributed by atoms with Crippen LogP contribution in [0.1, 0.15) is 51.1 Å². The Morgan fingerprint density at radius 2 is 0.810 bits per heavy atom. The fourth-order valence-electron chi connectivity index (χ4n) is 16.7. The Labute approximate surface area is 626 Å². The first-order valence-corrected chi connectivity index (χ1v) is 34.8. The van der Waals surface area contributed by atoms with Gasteiger partial charge in [0.05, 0.1) is 90.2 Å². The molecule has 0 spiro atoms. The molecule has 8 nitrogen and oxygen atoms in total. The Balaban J connectivity index is 0.955. The molecule has 0 atom stereocenters. The van der Waals surface area contributed by atoms with Crippen LogP contribution in [0.25, 0.3) is 137 Å². The number of hydrogen-bond donors (Lipinski definition) is 0. The summed E-state index contributed by atoms with van der Waals surface area (Å²) in [6.45, 7) is 14.0. The maximum atomic E-state index is 10.6. The van der Waals surface area contributed by atoms with Crippen LogP contribution in [0.15, 0.2) is 327 Å². The first-order valence-electron chi connectivity index (χ1n) is 41.8. The minimum Gasteiger partial charge on any atom is -0.311 e. The van der Waals surface area contributed by atoms with Crippen LogP contribution in [0.5, 0.6) is 0 Å². The highest BCUT2D eigenvalue weighted by Gasteiger charge is 2.46. The highest BCUT2D eigenvalue weighted by molar-refractivity contribution is 7.00. The molecule has 4 aromatic heterocycles. The Morgan fingerprint density at radius 1 is 0.362 bits per heavy atom. The predicted molar refractivity (Wildman–Crippen MR) is 438 cm³/mol. The lowest BCUT2D eigenvalue weighted by Crippen LogP contribution is -2.61. The van der Waals surface area contributed by atoms with Crippen molar-refractivity contribution in [3.05, 3.63) is 350 Å². The van der Waals surface area contributed by atoms with E-state index in [0.29, 0.717) is 22.7 Å². The van der Waals surface area contributed by atoms with E-state index in [4.69, 9.17) is 9.31 Å². The van der Waals surface area contributed by atoms with Crippen molar-refractivity contribution < 1.29 is 19.2 Å². The Hall–Kier alpha value is -13.9. The van der Waals surface area contributed by atoms with E-state index in [1.807, 2.05) is 115 Å². The van der Waals surface area contributed by atoms with Gasteiger partial charge in [0.25, 0.3) is 6.71 Å². The van der Waals surface area contributed by atoms with Crippen molar-refractivity contribution in [3.63, 3.8) is 0 Å². The Kier molecular flexibility index (Phi) is 10.3. The summed E-state index contributed by atoms with van der Waals surface area (Å²) in [5.41, 5.74) is 15.5. The zero-order valence-corrected chi connectivity index (χ0v) is 56.7. The van der Waals surface area contributed by atoms with Crippen molar-refractivity contribution in [1.82, 2.24) is 18.3 Å². The fourth-order valence-corrected chi connectivity index (χ4v) is 16.7. The maximum absolute atomic E-state index is 10.6. The average Bonchev–Trinajstić information content (AvgIpc) is 1.66. The molecule has 0 aliphatic carbocycles. The molecule has 105 heavy (non-hydrogen) atoms. The smallest absolute Gasteiger partial charge is 0.252 e. The second-order valence-corrected chi connectivity index (χ2v) is 27.9. The monoisotopic (exact) mass is 1350 g/mol. The summed E-state index contributed by atoms with van der Waals surface area (Å²) in [7, 11) is 0. The minimum atomic E-state index is -0.762. The van der Waals surface area contributed by atoms with Gasteiger partial charge in [0, 0.05) is 85.9 Å². The van der Waals surface area contributed by atoms with Crippen molar-refractivity contribution in [1.29, 1.82) is 5.26 Å². The molecule has 490 valence electrons. The lowest BCUT2D eigenvalue weighted by atomic mass is 9.33.